The molecule has 0 aromatic heterocycles. The van der Waals surface area contributed by atoms with E-state index < -0.39 is 0 Å². The SMILES string of the molecule is C[C@@H]1CN(C2CCOCC2)CCN1C(=O)CN1Cc2ccccc2C1=O. The van der Waals surface area contributed by atoms with Crippen molar-refractivity contribution >= 4 is 11.8 Å². The Morgan fingerprint density at radius 2 is 1.96 bits per heavy atom. The monoisotopic (exact) mass is 357 g/mol. The molecular weight excluding hydrogens is 330 g/mol. The molecule has 2 saturated heterocycles. The van der Waals surface area contributed by atoms with Crippen LogP contribution in [-0.2, 0) is 16.1 Å². The third kappa shape index (κ3) is 3.35. The van der Waals surface area contributed by atoms with Gasteiger partial charge in [0.1, 0.15) is 6.54 Å². The lowest BCUT2D eigenvalue weighted by atomic mass is 10.0. The lowest BCUT2D eigenvalue weighted by molar-refractivity contribution is -0.137. The number of ether oxygens (including phenoxy) is 1. The first-order valence-corrected chi connectivity index (χ1v) is 9.62. The van der Waals surface area contributed by atoms with E-state index in [0.29, 0.717) is 12.6 Å². The van der Waals surface area contributed by atoms with Gasteiger partial charge < -0.3 is 14.5 Å². The number of hydrogen-bond acceptors (Lipinski definition) is 4. The fourth-order valence-corrected chi connectivity index (χ4v) is 4.43. The maximum Gasteiger partial charge on any atom is 0.254 e. The van der Waals surface area contributed by atoms with E-state index in [1.54, 1.807) is 4.90 Å². The number of hydrogen-bond donors (Lipinski definition) is 0. The van der Waals surface area contributed by atoms with E-state index in [1.807, 2.05) is 29.2 Å². The molecule has 3 heterocycles. The van der Waals surface area contributed by atoms with Crippen LogP contribution in [0.15, 0.2) is 24.3 Å². The molecule has 0 aliphatic carbocycles. The van der Waals surface area contributed by atoms with Crippen LogP contribution in [0.1, 0.15) is 35.7 Å². The Hall–Kier alpha value is -1.92. The molecule has 26 heavy (non-hydrogen) atoms. The van der Waals surface area contributed by atoms with Gasteiger partial charge in [-0.3, -0.25) is 14.5 Å². The quantitative estimate of drug-likeness (QED) is 0.820. The summed E-state index contributed by atoms with van der Waals surface area (Å²) in [6, 6.07) is 8.39. The highest BCUT2D eigenvalue weighted by Crippen LogP contribution is 2.23. The molecule has 3 aliphatic rings. The van der Waals surface area contributed by atoms with Crippen molar-refractivity contribution in [1.82, 2.24) is 14.7 Å². The molecule has 3 aliphatic heterocycles. The number of benzene rings is 1. The van der Waals surface area contributed by atoms with Crippen LogP contribution in [0.25, 0.3) is 0 Å². The molecule has 0 bridgehead atoms. The van der Waals surface area contributed by atoms with Gasteiger partial charge in [-0.05, 0) is 31.4 Å². The molecule has 0 saturated carbocycles. The molecule has 0 unspecified atom stereocenters. The van der Waals surface area contributed by atoms with Crippen LogP contribution >= 0.6 is 0 Å². The van der Waals surface area contributed by atoms with Crippen molar-refractivity contribution in [2.45, 2.75) is 38.4 Å². The Bertz CT molecular complexity index is 687. The first kappa shape index (κ1) is 17.5. The van der Waals surface area contributed by atoms with Crippen molar-refractivity contribution in [1.29, 1.82) is 0 Å². The number of carbonyl (C=O) groups is 2. The van der Waals surface area contributed by atoms with Crippen molar-refractivity contribution < 1.29 is 14.3 Å². The van der Waals surface area contributed by atoms with Crippen molar-refractivity contribution in [3.63, 3.8) is 0 Å². The topological polar surface area (TPSA) is 53.1 Å². The minimum atomic E-state index is -0.0255. The predicted octanol–water partition coefficient (Wildman–Crippen LogP) is 1.35. The van der Waals surface area contributed by atoms with Crippen molar-refractivity contribution in [2.75, 3.05) is 39.4 Å². The summed E-state index contributed by atoms with van der Waals surface area (Å²) >= 11 is 0. The molecule has 2 fully saturated rings. The lowest BCUT2D eigenvalue weighted by Crippen LogP contribution is -2.58. The standard InChI is InChI=1S/C20H27N3O3/c1-15-12-21(17-6-10-26-11-7-17)8-9-23(15)19(24)14-22-13-16-4-2-3-5-18(16)20(22)25/h2-5,15,17H,6-14H2,1H3/t15-/m1/s1. The smallest absolute Gasteiger partial charge is 0.254 e. The number of amides is 2. The molecule has 1 atom stereocenters. The summed E-state index contributed by atoms with van der Waals surface area (Å²) < 4.78 is 5.46. The molecule has 0 spiro atoms. The van der Waals surface area contributed by atoms with Crippen LogP contribution in [0.3, 0.4) is 0 Å². The number of carbonyl (C=O) groups excluding carboxylic acids is 2. The van der Waals surface area contributed by atoms with Crippen LogP contribution < -0.4 is 0 Å². The first-order chi connectivity index (χ1) is 12.6. The summed E-state index contributed by atoms with van der Waals surface area (Å²) in [5.74, 6) is 0.0349. The third-order valence-electron chi connectivity index (χ3n) is 5.91. The van der Waals surface area contributed by atoms with Crippen LogP contribution in [0, 0.1) is 0 Å². The normalized spacial score (nSPS) is 24.8. The van der Waals surface area contributed by atoms with Crippen LogP contribution in [-0.4, -0.2) is 78.0 Å². The van der Waals surface area contributed by atoms with E-state index in [0.717, 1.165) is 56.8 Å². The molecule has 2 amide bonds. The average Bonchev–Trinajstić information content (AvgIpc) is 2.98. The Morgan fingerprint density at radius 3 is 2.69 bits per heavy atom. The molecule has 6 heteroatoms. The van der Waals surface area contributed by atoms with Gasteiger partial charge in [-0.15, -0.1) is 0 Å². The average molecular weight is 357 g/mol. The van der Waals surface area contributed by atoms with Crippen molar-refractivity contribution in [2.24, 2.45) is 0 Å². The fraction of sp³-hybridized carbons (Fsp3) is 0.600. The van der Waals surface area contributed by atoms with E-state index in [1.165, 1.54) is 0 Å². The van der Waals surface area contributed by atoms with Crippen molar-refractivity contribution in [3.05, 3.63) is 35.4 Å². The maximum atomic E-state index is 12.8. The van der Waals surface area contributed by atoms with Gasteiger partial charge in [0, 0.05) is 57.0 Å². The molecule has 140 valence electrons. The summed E-state index contributed by atoms with van der Waals surface area (Å²) in [5, 5.41) is 0. The number of nitrogens with zero attached hydrogens (tertiary/aromatic N) is 3. The van der Waals surface area contributed by atoms with Gasteiger partial charge in [0.25, 0.3) is 5.91 Å². The maximum absolute atomic E-state index is 12.8. The Morgan fingerprint density at radius 1 is 1.19 bits per heavy atom. The second-order valence-electron chi connectivity index (χ2n) is 7.59. The van der Waals surface area contributed by atoms with Gasteiger partial charge in [-0.2, -0.15) is 0 Å². The summed E-state index contributed by atoms with van der Waals surface area (Å²) in [5.41, 5.74) is 1.75. The Kier molecular flexibility index (Phi) is 4.96. The second-order valence-corrected chi connectivity index (χ2v) is 7.59. The van der Waals surface area contributed by atoms with E-state index in [4.69, 9.17) is 4.74 Å². The van der Waals surface area contributed by atoms with E-state index in [2.05, 4.69) is 11.8 Å². The van der Waals surface area contributed by atoms with Crippen LogP contribution in [0.2, 0.25) is 0 Å². The van der Waals surface area contributed by atoms with E-state index >= 15 is 0 Å². The van der Waals surface area contributed by atoms with Crippen molar-refractivity contribution in [3.8, 4) is 0 Å². The zero-order valence-corrected chi connectivity index (χ0v) is 15.4. The highest BCUT2D eigenvalue weighted by Gasteiger charge is 2.34. The number of piperazine rings is 1. The summed E-state index contributed by atoms with van der Waals surface area (Å²) in [6.45, 7) is 7.08. The van der Waals surface area contributed by atoms with Gasteiger partial charge in [-0.25, -0.2) is 0 Å². The predicted molar refractivity (Wildman–Crippen MR) is 97.8 cm³/mol. The van der Waals surface area contributed by atoms with Gasteiger partial charge in [-0.1, -0.05) is 18.2 Å². The number of rotatable bonds is 3. The zero-order valence-electron chi connectivity index (χ0n) is 15.4. The minimum Gasteiger partial charge on any atom is -0.381 e. The number of fused-ring (bicyclic) bond motifs is 1. The largest absolute Gasteiger partial charge is 0.381 e. The fourth-order valence-electron chi connectivity index (χ4n) is 4.43. The molecule has 4 rings (SSSR count). The molecule has 1 aromatic rings. The van der Waals surface area contributed by atoms with Gasteiger partial charge in [0.2, 0.25) is 5.91 Å². The van der Waals surface area contributed by atoms with Gasteiger partial charge >= 0.3 is 0 Å². The molecule has 1 aromatic carbocycles. The second kappa shape index (κ2) is 7.37. The molecular formula is C20H27N3O3. The third-order valence-corrected chi connectivity index (χ3v) is 5.91. The van der Waals surface area contributed by atoms with Gasteiger partial charge in [0.15, 0.2) is 0 Å². The first-order valence-electron chi connectivity index (χ1n) is 9.62. The Balaban J connectivity index is 1.34. The Labute approximate surface area is 154 Å². The summed E-state index contributed by atoms with van der Waals surface area (Å²) in [4.78, 5) is 31.5. The highest BCUT2D eigenvalue weighted by atomic mass is 16.5. The molecule has 0 N–H and O–H groups in total. The van der Waals surface area contributed by atoms with E-state index in [-0.39, 0.29) is 24.4 Å². The summed E-state index contributed by atoms with van der Waals surface area (Å²) in [6.07, 6.45) is 2.17. The molecule has 0 radical (unpaired) electrons. The lowest BCUT2D eigenvalue weighted by Gasteiger charge is -2.44. The zero-order chi connectivity index (χ0) is 18.1. The van der Waals surface area contributed by atoms with Crippen LogP contribution in [0.5, 0.6) is 0 Å². The van der Waals surface area contributed by atoms with Gasteiger partial charge in [0.05, 0.1) is 0 Å². The highest BCUT2D eigenvalue weighted by molar-refractivity contribution is 6.00. The summed E-state index contributed by atoms with van der Waals surface area (Å²) in [7, 11) is 0. The van der Waals surface area contributed by atoms with E-state index in [9.17, 15) is 9.59 Å². The minimum absolute atomic E-state index is 0.0255. The van der Waals surface area contributed by atoms with Crippen LogP contribution in [0.4, 0.5) is 0 Å². The molecule has 6 nitrogen and oxygen atoms in total.